The van der Waals surface area contributed by atoms with Crippen LogP contribution in [0, 0.1) is 0 Å². The predicted octanol–water partition coefficient (Wildman–Crippen LogP) is 2.76. The smallest absolute Gasteiger partial charge is 0.251 e. The van der Waals surface area contributed by atoms with Gasteiger partial charge in [-0.3, -0.25) is 9.69 Å². The molecule has 0 radical (unpaired) electrons. The Bertz CT molecular complexity index is 590. The lowest BCUT2D eigenvalue weighted by Gasteiger charge is -2.26. The molecule has 5 heteroatoms. The molecule has 3 rings (SSSR count). The molecule has 0 bridgehead atoms. The normalized spacial score (nSPS) is 15.6. The number of thioether (sulfide) groups is 1. The molecule has 1 aliphatic heterocycles. The largest absolute Gasteiger partial charge is 0.472 e. The van der Waals surface area contributed by atoms with Gasteiger partial charge in [-0.2, -0.15) is 11.8 Å². The lowest BCUT2D eigenvalue weighted by atomic mass is 10.1. The number of rotatable bonds is 5. The fraction of sp³-hybridized carbons (Fsp3) is 0.353. The standard InChI is InChI=1S/C17H20N2O2S/c20-17(18-11-15-5-8-21-13-15)16-3-1-14(2-4-16)12-19-6-9-22-10-7-19/h1-5,8,13H,6-7,9-12H2,(H,18,20). The second-order valence-electron chi connectivity index (χ2n) is 5.40. The summed E-state index contributed by atoms with van der Waals surface area (Å²) in [5.74, 6) is 2.38. The highest BCUT2D eigenvalue weighted by molar-refractivity contribution is 7.99. The summed E-state index contributed by atoms with van der Waals surface area (Å²) in [5.41, 5.74) is 2.92. The Labute approximate surface area is 134 Å². The molecule has 2 heterocycles. The molecule has 116 valence electrons. The molecule has 22 heavy (non-hydrogen) atoms. The monoisotopic (exact) mass is 316 g/mol. The summed E-state index contributed by atoms with van der Waals surface area (Å²) in [6.07, 6.45) is 3.25. The van der Waals surface area contributed by atoms with Crippen molar-refractivity contribution < 1.29 is 9.21 Å². The van der Waals surface area contributed by atoms with E-state index in [1.165, 1.54) is 17.1 Å². The van der Waals surface area contributed by atoms with Gasteiger partial charge in [-0.05, 0) is 23.8 Å². The fourth-order valence-corrected chi connectivity index (χ4v) is 3.44. The molecule has 0 unspecified atom stereocenters. The highest BCUT2D eigenvalue weighted by Crippen LogP contribution is 2.13. The van der Waals surface area contributed by atoms with Gasteiger partial charge in [-0.1, -0.05) is 12.1 Å². The van der Waals surface area contributed by atoms with E-state index in [-0.39, 0.29) is 5.91 Å². The van der Waals surface area contributed by atoms with Crippen molar-refractivity contribution in [2.45, 2.75) is 13.1 Å². The molecule has 1 aliphatic rings. The Kier molecular flexibility index (Phi) is 5.19. The average molecular weight is 316 g/mol. The summed E-state index contributed by atoms with van der Waals surface area (Å²) in [6.45, 7) is 3.76. The maximum absolute atomic E-state index is 12.1. The van der Waals surface area contributed by atoms with Crippen LogP contribution < -0.4 is 5.32 Å². The van der Waals surface area contributed by atoms with E-state index in [4.69, 9.17) is 4.42 Å². The first-order valence-electron chi connectivity index (χ1n) is 7.49. The molecule has 4 nitrogen and oxygen atoms in total. The van der Waals surface area contributed by atoms with Gasteiger partial charge in [0.05, 0.1) is 12.5 Å². The summed E-state index contributed by atoms with van der Waals surface area (Å²) < 4.78 is 4.98. The molecule has 1 saturated heterocycles. The second kappa shape index (κ2) is 7.51. The third-order valence-electron chi connectivity index (χ3n) is 3.76. The van der Waals surface area contributed by atoms with Crippen molar-refractivity contribution >= 4 is 17.7 Å². The molecule has 2 aromatic rings. The van der Waals surface area contributed by atoms with Crippen LogP contribution in [0.5, 0.6) is 0 Å². The molecule has 0 saturated carbocycles. The Morgan fingerprint density at radius 2 is 1.91 bits per heavy atom. The minimum atomic E-state index is -0.0536. The van der Waals surface area contributed by atoms with E-state index in [1.807, 2.05) is 30.0 Å². The van der Waals surface area contributed by atoms with Gasteiger partial charge in [0.2, 0.25) is 0 Å². The zero-order chi connectivity index (χ0) is 15.2. The van der Waals surface area contributed by atoms with Gasteiger partial charge < -0.3 is 9.73 Å². The summed E-state index contributed by atoms with van der Waals surface area (Å²) in [5, 5.41) is 2.89. The van der Waals surface area contributed by atoms with Crippen molar-refractivity contribution in [3.63, 3.8) is 0 Å². The first-order chi connectivity index (χ1) is 10.8. The predicted molar refractivity (Wildman–Crippen MR) is 88.9 cm³/mol. The van der Waals surface area contributed by atoms with Crippen LogP contribution in [0.15, 0.2) is 47.3 Å². The van der Waals surface area contributed by atoms with Crippen LogP contribution in [0.1, 0.15) is 21.5 Å². The summed E-state index contributed by atoms with van der Waals surface area (Å²) in [6, 6.07) is 9.75. The van der Waals surface area contributed by atoms with Gasteiger partial charge >= 0.3 is 0 Å². The summed E-state index contributed by atoms with van der Waals surface area (Å²) >= 11 is 2.02. The first kappa shape index (κ1) is 15.2. The van der Waals surface area contributed by atoms with E-state index < -0.39 is 0 Å². The van der Waals surface area contributed by atoms with Crippen molar-refractivity contribution in [2.24, 2.45) is 0 Å². The van der Waals surface area contributed by atoms with Gasteiger partial charge in [0.15, 0.2) is 0 Å². The number of carbonyl (C=O) groups is 1. The molecule has 1 aromatic carbocycles. The van der Waals surface area contributed by atoms with E-state index in [9.17, 15) is 4.79 Å². The Hall–Kier alpha value is -1.72. The maximum atomic E-state index is 12.1. The van der Waals surface area contributed by atoms with Gasteiger partial charge in [-0.15, -0.1) is 0 Å². The number of nitrogens with one attached hydrogen (secondary N) is 1. The third kappa shape index (κ3) is 4.15. The number of hydrogen-bond acceptors (Lipinski definition) is 4. The van der Waals surface area contributed by atoms with Crippen molar-refractivity contribution in [1.82, 2.24) is 10.2 Å². The van der Waals surface area contributed by atoms with E-state index in [0.29, 0.717) is 12.1 Å². The highest BCUT2D eigenvalue weighted by Gasteiger charge is 2.11. The van der Waals surface area contributed by atoms with Gasteiger partial charge in [0.25, 0.3) is 5.91 Å². The van der Waals surface area contributed by atoms with E-state index in [2.05, 4.69) is 22.3 Å². The lowest BCUT2D eigenvalue weighted by Crippen LogP contribution is -2.31. The van der Waals surface area contributed by atoms with Crippen LogP contribution in [0.25, 0.3) is 0 Å². The van der Waals surface area contributed by atoms with Crippen molar-refractivity contribution in [3.05, 3.63) is 59.5 Å². The number of amides is 1. The van der Waals surface area contributed by atoms with Crippen molar-refractivity contribution in [1.29, 1.82) is 0 Å². The Balaban J connectivity index is 1.52. The highest BCUT2D eigenvalue weighted by atomic mass is 32.2. The quantitative estimate of drug-likeness (QED) is 0.921. The van der Waals surface area contributed by atoms with Crippen molar-refractivity contribution in [3.8, 4) is 0 Å². The number of furan rings is 1. The number of carbonyl (C=O) groups excluding carboxylic acids is 1. The van der Waals surface area contributed by atoms with Crippen LogP contribution in [-0.2, 0) is 13.1 Å². The minimum absolute atomic E-state index is 0.0536. The molecular formula is C17H20N2O2S. The van der Waals surface area contributed by atoms with Gasteiger partial charge in [-0.25, -0.2) is 0 Å². The second-order valence-corrected chi connectivity index (χ2v) is 6.62. The molecule has 1 amide bonds. The molecule has 1 fully saturated rings. The summed E-state index contributed by atoms with van der Waals surface area (Å²) in [7, 11) is 0. The lowest BCUT2D eigenvalue weighted by molar-refractivity contribution is 0.0951. The Morgan fingerprint density at radius 1 is 1.14 bits per heavy atom. The topological polar surface area (TPSA) is 45.5 Å². The maximum Gasteiger partial charge on any atom is 0.251 e. The number of hydrogen-bond donors (Lipinski definition) is 1. The van der Waals surface area contributed by atoms with E-state index in [0.717, 1.165) is 25.2 Å². The minimum Gasteiger partial charge on any atom is -0.472 e. The Morgan fingerprint density at radius 3 is 2.59 bits per heavy atom. The summed E-state index contributed by atoms with van der Waals surface area (Å²) in [4.78, 5) is 14.5. The van der Waals surface area contributed by atoms with Crippen LogP contribution >= 0.6 is 11.8 Å². The van der Waals surface area contributed by atoms with E-state index in [1.54, 1.807) is 12.5 Å². The van der Waals surface area contributed by atoms with Gasteiger partial charge in [0, 0.05) is 48.8 Å². The first-order valence-corrected chi connectivity index (χ1v) is 8.65. The fourth-order valence-electron chi connectivity index (χ4n) is 2.46. The van der Waals surface area contributed by atoms with Crippen molar-refractivity contribution in [2.75, 3.05) is 24.6 Å². The molecule has 0 spiro atoms. The molecule has 0 atom stereocenters. The SMILES string of the molecule is O=C(NCc1ccoc1)c1ccc(CN2CCSCC2)cc1. The molecule has 1 N–H and O–H groups in total. The molecular weight excluding hydrogens is 296 g/mol. The number of benzene rings is 1. The van der Waals surface area contributed by atoms with Crippen LogP contribution in [0.2, 0.25) is 0 Å². The van der Waals surface area contributed by atoms with Crippen LogP contribution in [0.3, 0.4) is 0 Å². The third-order valence-corrected chi connectivity index (χ3v) is 4.70. The van der Waals surface area contributed by atoms with Crippen LogP contribution in [0.4, 0.5) is 0 Å². The van der Waals surface area contributed by atoms with Gasteiger partial charge in [0.1, 0.15) is 0 Å². The zero-order valence-corrected chi connectivity index (χ0v) is 13.3. The average Bonchev–Trinajstić information content (AvgIpc) is 3.08. The van der Waals surface area contributed by atoms with E-state index >= 15 is 0 Å². The zero-order valence-electron chi connectivity index (χ0n) is 12.5. The molecule has 1 aromatic heterocycles. The molecule has 0 aliphatic carbocycles. The van der Waals surface area contributed by atoms with Crippen LogP contribution in [-0.4, -0.2) is 35.4 Å². The number of nitrogens with zero attached hydrogens (tertiary/aromatic N) is 1.